The van der Waals surface area contributed by atoms with Crippen molar-refractivity contribution < 1.29 is 4.74 Å². The van der Waals surface area contributed by atoms with Crippen molar-refractivity contribution in [1.29, 1.82) is 0 Å². The summed E-state index contributed by atoms with van der Waals surface area (Å²) in [5.74, 6) is 0.583. The second-order valence-electron chi connectivity index (χ2n) is 3.75. The fourth-order valence-electron chi connectivity index (χ4n) is 1.52. The Morgan fingerprint density at radius 1 is 1.21 bits per heavy atom. The van der Waals surface area contributed by atoms with Crippen LogP contribution in [0, 0.1) is 0 Å². The Morgan fingerprint density at radius 2 is 2.00 bits per heavy atom. The van der Waals surface area contributed by atoms with E-state index in [0.29, 0.717) is 22.5 Å². The number of nitrogens with zero attached hydrogens (tertiary/aromatic N) is 1. The van der Waals surface area contributed by atoms with Gasteiger partial charge in [-0.15, -0.1) is 0 Å². The number of hydrogen-bond acceptors (Lipinski definition) is 3. The van der Waals surface area contributed by atoms with Gasteiger partial charge in [-0.3, -0.25) is 0 Å². The summed E-state index contributed by atoms with van der Waals surface area (Å²) in [5.41, 5.74) is 1.62. The van der Waals surface area contributed by atoms with Crippen molar-refractivity contribution in [2.24, 2.45) is 0 Å². The van der Waals surface area contributed by atoms with E-state index in [1.807, 2.05) is 24.3 Å². The van der Waals surface area contributed by atoms with Gasteiger partial charge in [-0.05, 0) is 34.1 Å². The standard InChI is InChI=1S/C13H11BrCl2N2O/c1-19-11-4-2-3-8(18-11)7-17-10-6-5-9(14)12(15)13(10)16/h2-6,17H,7H2,1H3. The lowest BCUT2D eigenvalue weighted by Gasteiger charge is -2.10. The topological polar surface area (TPSA) is 34.1 Å². The molecule has 2 rings (SSSR count). The van der Waals surface area contributed by atoms with Crippen LogP contribution in [-0.4, -0.2) is 12.1 Å². The highest BCUT2D eigenvalue weighted by Crippen LogP contribution is 2.35. The molecular weight excluding hydrogens is 351 g/mol. The summed E-state index contributed by atoms with van der Waals surface area (Å²) >= 11 is 15.5. The monoisotopic (exact) mass is 360 g/mol. The lowest BCUT2D eigenvalue weighted by Crippen LogP contribution is -2.03. The SMILES string of the molecule is COc1cccc(CNc2ccc(Br)c(Cl)c2Cl)n1. The van der Waals surface area contributed by atoms with Crippen molar-refractivity contribution in [3.63, 3.8) is 0 Å². The lowest BCUT2D eigenvalue weighted by molar-refractivity contribution is 0.396. The van der Waals surface area contributed by atoms with Gasteiger partial charge in [-0.2, -0.15) is 0 Å². The molecule has 3 nitrogen and oxygen atoms in total. The van der Waals surface area contributed by atoms with Gasteiger partial charge in [0.25, 0.3) is 0 Å². The molecule has 1 aromatic carbocycles. The summed E-state index contributed by atoms with van der Waals surface area (Å²) < 4.78 is 5.84. The number of aromatic nitrogens is 1. The molecule has 0 aliphatic heterocycles. The maximum Gasteiger partial charge on any atom is 0.213 e. The summed E-state index contributed by atoms with van der Waals surface area (Å²) in [5, 5.41) is 4.17. The molecule has 0 aliphatic rings. The molecule has 6 heteroatoms. The van der Waals surface area contributed by atoms with Gasteiger partial charge in [0, 0.05) is 10.5 Å². The summed E-state index contributed by atoms with van der Waals surface area (Å²) in [6, 6.07) is 9.30. The molecular formula is C13H11BrCl2N2O. The summed E-state index contributed by atoms with van der Waals surface area (Å²) in [4.78, 5) is 4.31. The van der Waals surface area contributed by atoms with Gasteiger partial charge in [0.05, 0.1) is 35.1 Å². The average Bonchev–Trinajstić information content (AvgIpc) is 2.44. The number of methoxy groups -OCH3 is 1. The maximum absolute atomic E-state index is 6.15. The van der Waals surface area contributed by atoms with Crippen LogP contribution in [0.25, 0.3) is 0 Å². The predicted molar refractivity (Wildman–Crippen MR) is 82.3 cm³/mol. The first kappa shape index (κ1) is 14.4. The minimum atomic E-state index is 0.485. The molecule has 100 valence electrons. The van der Waals surface area contributed by atoms with Gasteiger partial charge in [0.2, 0.25) is 5.88 Å². The molecule has 0 amide bonds. The van der Waals surface area contributed by atoms with E-state index in [0.717, 1.165) is 15.9 Å². The molecule has 0 spiro atoms. The average molecular weight is 362 g/mol. The minimum absolute atomic E-state index is 0.485. The smallest absolute Gasteiger partial charge is 0.213 e. The van der Waals surface area contributed by atoms with Gasteiger partial charge >= 0.3 is 0 Å². The predicted octanol–water partition coefficient (Wildman–Crippen LogP) is 4.77. The van der Waals surface area contributed by atoms with Crippen LogP contribution in [0.4, 0.5) is 5.69 Å². The molecule has 19 heavy (non-hydrogen) atoms. The van der Waals surface area contributed by atoms with Crippen molar-refractivity contribution in [3.05, 3.63) is 50.5 Å². The van der Waals surface area contributed by atoms with Crippen molar-refractivity contribution in [3.8, 4) is 5.88 Å². The zero-order chi connectivity index (χ0) is 13.8. The van der Waals surface area contributed by atoms with E-state index < -0.39 is 0 Å². The molecule has 1 aromatic heterocycles. The van der Waals surface area contributed by atoms with Gasteiger partial charge in [-0.1, -0.05) is 29.3 Å². The number of halogens is 3. The molecule has 0 bridgehead atoms. The van der Waals surface area contributed by atoms with Gasteiger partial charge < -0.3 is 10.1 Å². The number of ether oxygens (including phenoxy) is 1. The molecule has 0 aliphatic carbocycles. The molecule has 0 unspecified atom stereocenters. The quantitative estimate of drug-likeness (QED) is 0.796. The summed E-state index contributed by atoms with van der Waals surface area (Å²) in [7, 11) is 1.59. The number of anilines is 1. The number of pyridine rings is 1. The molecule has 0 saturated heterocycles. The van der Waals surface area contributed by atoms with Crippen LogP contribution in [0.3, 0.4) is 0 Å². The fraction of sp³-hybridized carbons (Fsp3) is 0.154. The largest absolute Gasteiger partial charge is 0.481 e. The summed E-state index contributed by atoms with van der Waals surface area (Å²) in [6.45, 7) is 0.537. The van der Waals surface area contributed by atoms with Gasteiger partial charge in [-0.25, -0.2) is 4.98 Å². The van der Waals surface area contributed by atoms with Crippen molar-refractivity contribution in [1.82, 2.24) is 4.98 Å². The van der Waals surface area contributed by atoms with E-state index in [1.165, 1.54) is 0 Å². The van der Waals surface area contributed by atoms with Crippen LogP contribution in [-0.2, 0) is 6.54 Å². The molecule has 1 heterocycles. The van der Waals surface area contributed by atoms with Crippen LogP contribution in [0.2, 0.25) is 10.0 Å². The van der Waals surface area contributed by atoms with Crippen LogP contribution in [0.5, 0.6) is 5.88 Å². The highest BCUT2D eigenvalue weighted by molar-refractivity contribution is 9.10. The Balaban J connectivity index is 2.12. The van der Waals surface area contributed by atoms with Gasteiger partial charge in [0.1, 0.15) is 0 Å². The van der Waals surface area contributed by atoms with Crippen molar-refractivity contribution in [2.45, 2.75) is 6.54 Å². The molecule has 2 aromatic rings. The number of rotatable bonds is 4. The van der Waals surface area contributed by atoms with Crippen LogP contribution in [0.15, 0.2) is 34.8 Å². The number of hydrogen-bond donors (Lipinski definition) is 1. The Labute approximate surface area is 130 Å². The van der Waals surface area contributed by atoms with Crippen molar-refractivity contribution >= 4 is 44.8 Å². The van der Waals surface area contributed by atoms with E-state index in [4.69, 9.17) is 27.9 Å². The molecule has 0 saturated carbocycles. The second-order valence-corrected chi connectivity index (χ2v) is 5.36. The second kappa shape index (κ2) is 6.46. The molecule has 0 radical (unpaired) electrons. The van der Waals surface area contributed by atoms with E-state index in [1.54, 1.807) is 13.2 Å². The fourth-order valence-corrected chi connectivity index (χ4v) is 2.36. The molecule has 0 atom stereocenters. The number of nitrogens with one attached hydrogen (secondary N) is 1. The third-order valence-electron chi connectivity index (χ3n) is 2.49. The highest BCUT2D eigenvalue weighted by atomic mass is 79.9. The zero-order valence-corrected chi connectivity index (χ0v) is 13.2. The first-order valence-electron chi connectivity index (χ1n) is 5.49. The first-order chi connectivity index (χ1) is 9.11. The van der Waals surface area contributed by atoms with Crippen molar-refractivity contribution in [2.75, 3.05) is 12.4 Å². The number of benzene rings is 1. The van der Waals surface area contributed by atoms with Crippen LogP contribution < -0.4 is 10.1 Å². The van der Waals surface area contributed by atoms with E-state index in [2.05, 4.69) is 26.2 Å². The lowest BCUT2D eigenvalue weighted by atomic mass is 10.3. The van der Waals surface area contributed by atoms with E-state index >= 15 is 0 Å². The Hall–Kier alpha value is -0.970. The first-order valence-corrected chi connectivity index (χ1v) is 7.04. The van der Waals surface area contributed by atoms with Crippen LogP contribution in [0.1, 0.15) is 5.69 Å². The third kappa shape index (κ3) is 3.53. The van der Waals surface area contributed by atoms with Crippen LogP contribution >= 0.6 is 39.1 Å². The molecule has 1 N–H and O–H groups in total. The summed E-state index contributed by atoms with van der Waals surface area (Å²) in [6.07, 6.45) is 0. The van der Waals surface area contributed by atoms with E-state index in [-0.39, 0.29) is 0 Å². The zero-order valence-electron chi connectivity index (χ0n) is 10.1. The Morgan fingerprint density at radius 3 is 2.74 bits per heavy atom. The van der Waals surface area contributed by atoms with E-state index in [9.17, 15) is 0 Å². The Kier molecular flexibility index (Phi) is 4.91. The third-order valence-corrected chi connectivity index (χ3v) is 4.26. The minimum Gasteiger partial charge on any atom is -0.481 e. The maximum atomic E-state index is 6.15. The highest BCUT2D eigenvalue weighted by Gasteiger charge is 2.08. The Bertz CT molecular complexity index is 593. The normalized spacial score (nSPS) is 10.3. The molecule has 0 fully saturated rings. The van der Waals surface area contributed by atoms with Gasteiger partial charge in [0.15, 0.2) is 0 Å².